The fraction of sp³-hybridized carbons (Fsp3) is 0.412. The second-order valence-electron chi connectivity index (χ2n) is 12.6. The molecule has 1 aliphatic rings. The lowest BCUT2D eigenvalue weighted by Gasteiger charge is -2.41. The third-order valence-corrected chi connectivity index (χ3v) is 7.89. The van der Waals surface area contributed by atoms with Crippen LogP contribution in [0.5, 0.6) is 0 Å². The van der Waals surface area contributed by atoms with E-state index in [1.807, 2.05) is 70.2 Å². The molecule has 0 unspecified atom stereocenters. The number of anilines is 1. The molecule has 41 heavy (non-hydrogen) atoms. The van der Waals surface area contributed by atoms with Gasteiger partial charge < -0.3 is 10.6 Å². The average Bonchev–Trinajstić information content (AvgIpc) is 2.96. The molecular weight excluding hydrogens is 510 g/mol. The van der Waals surface area contributed by atoms with Gasteiger partial charge in [-0.2, -0.15) is 5.26 Å². The van der Waals surface area contributed by atoms with E-state index in [1.165, 1.54) is 19.3 Å². The molecule has 0 aliphatic carbocycles. The summed E-state index contributed by atoms with van der Waals surface area (Å²) in [5.74, 6) is -0.393. The van der Waals surface area contributed by atoms with Crippen LogP contribution in [0.2, 0.25) is 0 Å². The van der Waals surface area contributed by atoms with Crippen molar-refractivity contribution in [2.24, 2.45) is 0 Å². The van der Waals surface area contributed by atoms with Crippen molar-refractivity contribution >= 4 is 17.5 Å². The smallest absolute Gasteiger partial charge is 0.255 e. The molecule has 1 aliphatic heterocycles. The Bertz CT molecular complexity index is 1460. The Kier molecular flexibility index (Phi) is 8.94. The summed E-state index contributed by atoms with van der Waals surface area (Å²) in [6.45, 7) is 15.2. The molecule has 2 amide bonds. The van der Waals surface area contributed by atoms with Crippen molar-refractivity contribution in [3.8, 4) is 17.2 Å². The molecular formula is C34H41N5O2. The molecule has 2 heterocycles. The van der Waals surface area contributed by atoms with Gasteiger partial charge in [0.1, 0.15) is 0 Å². The number of nitrogens with zero attached hydrogens (tertiary/aromatic N) is 3. The lowest BCUT2D eigenvalue weighted by atomic mass is 9.85. The number of amides is 2. The minimum absolute atomic E-state index is 0.0894. The molecule has 214 valence electrons. The Hall–Kier alpha value is -4.02. The average molecular weight is 552 g/mol. The Balaban J connectivity index is 1.46. The van der Waals surface area contributed by atoms with Crippen molar-refractivity contribution in [2.45, 2.75) is 71.8 Å². The van der Waals surface area contributed by atoms with E-state index >= 15 is 0 Å². The van der Waals surface area contributed by atoms with Gasteiger partial charge in [-0.15, -0.1) is 0 Å². The summed E-state index contributed by atoms with van der Waals surface area (Å²) in [7, 11) is 0. The summed E-state index contributed by atoms with van der Waals surface area (Å²) in [6.07, 6.45) is 5.33. The van der Waals surface area contributed by atoms with Crippen molar-refractivity contribution in [1.29, 1.82) is 5.26 Å². The van der Waals surface area contributed by atoms with E-state index in [9.17, 15) is 14.9 Å². The molecule has 0 saturated carbocycles. The van der Waals surface area contributed by atoms with Gasteiger partial charge in [0.05, 0.1) is 23.5 Å². The minimum atomic E-state index is -0.302. The Labute approximate surface area is 244 Å². The molecule has 0 bridgehead atoms. The summed E-state index contributed by atoms with van der Waals surface area (Å²) >= 11 is 0. The van der Waals surface area contributed by atoms with Crippen LogP contribution in [0.15, 0.2) is 54.7 Å². The van der Waals surface area contributed by atoms with E-state index in [0.29, 0.717) is 28.9 Å². The number of carbonyl (C=O) groups excluding carboxylic acids is 2. The van der Waals surface area contributed by atoms with Gasteiger partial charge >= 0.3 is 0 Å². The molecule has 4 rings (SSSR count). The predicted molar refractivity (Wildman–Crippen MR) is 164 cm³/mol. The lowest BCUT2D eigenvalue weighted by Crippen LogP contribution is -2.53. The molecule has 1 aromatic heterocycles. The van der Waals surface area contributed by atoms with E-state index in [4.69, 9.17) is 0 Å². The second-order valence-corrected chi connectivity index (χ2v) is 12.6. The van der Waals surface area contributed by atoms with E-state index in [2.05, 4.69) is 40.4 Å². The summed E-state index contributed by atoms with van der Waals surface area (Å²) < 4.78 is 0. The number of likely N-dealkylation sites (tertiary alicyclic amines) is 1. The summed E-state index contributed by atoms with van der Waals surface area (Å²) in [5, 5.41) is 15.5. The van der Waals surface area contributed by atoms with Crippen LogP contribution in [0.25, 0.3) is 11.1 Å². The number of carbonyl (C=O) groups is 2. The van der Waals surface area contributed by atoms with Crippen LogP contribution in [0.3, 0.4) is 0 Å². The van der Waals surface area contributed by atoms with Crippen LogP contribution in [0.1, 0.15) is 91.4 Å². The van der Waals surface area contributed by atoms with Gasteiger partial charge in [0.2, 0.25) is 0 Å². The zero-order chi connectivity index (χ0) is 29.8. The van der Waals surface area contributed by atoms with E-state index in [1.54, 1.807) is 12.3 Å². The maximum absolute atomic E-state index is 13.2. The highest BCUT2D eigenvalue weighted by atomic mass is 16.2. The van der Waals surface area contributed by atoms with Gasteiger partial charge in [-0.25, -0.2) is 0 Å². The lowest BCUT2D eigenvalue weighted by molar-refractivity contribution is 0.0797. The van der Waals surface area contributed by atoms with Crippen LogP contribution in [-0.2, 0) is 5.41 Å². The maximum Gasteiger partial charge on any atom is 0.255 e. The molecule has 3 aromatic rings. The molecule has 1 fully saturated rings. The number of piperidine rings is 1. The SMILES string of the molecule is Cc1ncc(NC(=O)c2cc(C#N)cc(C(C)(C)C)c2)cc1-c1ccc(C(=O)NCC(C)(C)N2CCCCC2)cc1. The molecule has 0 spiro atoms. The molecule has 1 saturated heterocycles. The minimum Gasteiger partial charge on any atom is -0.350 e. The van der Waals surface area contributed by atoms with E-state index in [0.717, 1.165) is 35.5 Å². The van der Waals surface area contributed by atoms with Crippen LogP contribution >= 0.6 is 0 Å². The fourth-order valence-corrected chi connectivity index (χ4v) is 5.16. The van der Waals surface area contributed by atoms with Gasteiger partial charge in [0.15, 0.2) is 0 Å². The third-order valence-electron chi connectivity index (χ3n) is 7.89. The summed E-state index contributed by atoms with van der Waals surface area (Å²) in [5.41, 5.74) is 5.23. The first-order valence-electron chi connectivity index (χ1n) is 14.3. The molecule has 2 N–H and O–H groups in total. The maximum atomic E-state index is 13.2. The summed E-state index contributed by atoms with van der Waals surface area (Å²) in [6, 6.07) is 16.8. The number of nitrogens with one attached hydrogen (secondary N) is 2. The number of aryl methyl sites for hydroxylation is 1. The topological polar surface area (TPSA) is 98.1 Å². The molecule has 7 heteroatoms. The van der Waals surface area contributed by atoms with E-state index < -0.39 is 0 Å². The quantitative estimate of drug-likeness (QED) is 0.351. The highest BCUT2D eigenvalue weighted by molar-refractivity contribution is 6.05. The molecule has 0 atom stereocenters. The van der Waals surface area contributed by atoms with Crippen LogP contribution in [-0.4, -0.2) is 46.9 Å². The van der Waals surface area contributed by atoms with Crippen molar-refractivity contribution in [3.05, 3.63) is 82.7 Å². The van der Waals surface area contributed by atoms with Gasteiger partial charge in [-0.05, 0) is 99.6 Å². The van der Waals surface area contributed by atoms with Crippen molar-refractivity contribution in [3.63, 3.8) is 0 Å². The number of hydrogen-bond donors (Lipinski definition) is 2. The van der Waals surface area contributed by atoms with Crippen LogP contribution in [0, 0.1) is 18.3 Å². The van der Waals surface area contributed by atoms with Crippen molar-refractivity contribution in [2.75, 3.05) is 25.0 Å². The number of pyridine rings is 1. The second kappa shape index (κ2) is 12.2. The number of nitriles is 1. The highest BCUT2D eigenvalue weighted by Crippen LogP contribution is 2.28. The molecule has 7 nitrogen and oxygen atoms in total. The molecule has 0 radical (unpaired) electrons. The number of hydrogen-bond acceptors (Lipinski definition) is 5. The summed E-state index contributed by atoms with van der Waals surface area (Å²) in [4.78, 5) is 33.0. The normalized spacial score (nSPS) is 14.3. The zero-order valence-corrected chi connectivity index (χ0v) is 25.1. The van der Waals surface area contributed by atoms with Gasteiger partial charge in [0, 0.05) is 34.5 Å². The molecule has 2 aromatic carbocycles. The monoisotopic (exact) mass is 551 g/mol. The van der Waals surface area contributed by atoms with Gasteiger partial charge in [-0.1, -0.05) is 39.3 Å². The largest absolute Gasteiger partial charge is 0.350 e. The standard InChI is InChI=1S/C34H41N5O2/c1-23-30(19-29(21-36-23)38-32(41)27-16-24(20-35)17-28(18-27)33(2,3)4)25-10-12-26(13-11-25)31(40)37-22-34(5,6)39-14-8-7-9-15-39/h10-13,16-19,21H,7-9,14-15,22H2,1-6H3,(H,37,40)(H,38,41). The first kappa shape index (κ1) is 30.0. The zero-order valence-electron chi connectivity index (χ0n) is 25.1. The Morgan fingerprint density at radius 2 is 1.61 bits per heavy atom. The fourth-order valence-electron chi connectivity index (χ4n) is 5.16. The van der Waals surface area contributed by atoms with Crippen LogP contribution < -0.4 is 10.6 Å². The highest BCUT2D eigenvalue weighted by Gasteiger charge is 2.28. The number of benzene rings is 2. The Morgan fingerprint density at radius 1 is 0.927 bits per heavy atom. The van der Waals surface area contributed by atoms with E-state index in [-0.39, 0.29) is 22.8 Å². The van der Waals surface area contributed by atoms with Crippen LogP contribution in [0.4, 0.5) is 5.69 Å². The Morgan fingerprint density at radius 3 is 2.24 bits per heavy atom. The predicted octanol–water partition coefficient (Wildman–Crippen LogP) is 6.47. The first-order valence-corrected chi connectivity index (χ1v) is 14.3. The number of rotatable bonds is 7. The number of aromatic nitrogens is 1. The van der Waals surface area contributed by atoms with Gasteiger partial charge in [0.25, 0.3) is 11.8 Å². The van der Waals surface area contributed by atoms with Crippen molar-refractivity contribution in [1.82, 2.24) is 15.2 Å². The first-order chi connectivity index (χ1) is 19.4. The van der Waals surface area contributed by atoms with Gasteiger partial charge in [-0.3, -0.25) is 19.5 Å². The third kappa shape index (κ3) is 7.39. The van der Waals surface area contributed by atoms with Crippen molar-refractivity contribution < 1.29 is 9.59 Å².